The number of nitrogens with one attached hydrogen (secondary N) is 2. The molecule has 0 atom stereocenters. The van der Waals surface area contributed by atoms with Gasteiger partial charge >= 0.3 is 0 Å². The molecule has 0 unspecified atom stereocenters. The molecule has 0 aliphatic carbocycles. The van der Waals surface area contributed by atoms with Crippen molar-refractivity contribution >= 4 is 5.91 Å². The lowest BCUT2D eigenvalue weighted by atomic mass is 10.2. The van der Waals surface area contributed by atoms with E-state index >= 15 is 0 Å². The van der Waals surface area contributed by atoms with Crippen molar-refractivity contribution in [3.63, 3.8) is 0 Å². The molecule has 0 aliphatic heterocycles. The first-order valence-corrected chi connectivity index (χ1v) is 7.56. The Balaban J connectivity index is 1.58. The second-order valence-electron chi connectivity index (χ2n) is 5.38. The number of rotatable bonds is 5. The Morgan fingerprint density at radius 1 is 1.04 bits per heavy atom. The van der Waals surface area contributed by atoms with E-state index in [4.69, 9.17) is 0 Å². The SMILES string of the molecule is O=C(NCCc1ncc(-c2ccc(F)cc2)[nH]1)c1cc(F)ccc1F. The topological polar surface area (TPSA) is 57.8 Å². The van der Waals surface area contributed by atoms with Crippen LogP contribution in [0, 0.1) is 17.5 Å². The fourth-order valence-electron chi connectivity index (χ4n) is 2.33. The average Bonchev–Trinajstić information content (AvgIpc) is 3.06. The fraction of sp³-hybridized carbons (Fsp3) is 0.111. The predicted octanol–water partition coefficient (Wildman–Crippen LogP) is 3.47. The summed E-state index contributed by atoms with van der Waals surface area (Å²) < 4.78 is 39.5. The molecule has 1 heterocycles. The van der Waals surface area contributed by atoms with Crippen LogP contribution in [0.25, 0.3) is 11.3 Å². The van der Waals surface area contributed by atoms with Crippen LogP contribution in [-0.4, -0.2) is 22.4 Å². The molecule has 0 saturated carbocycles. The summed E-state index contributed by atoms with van der Waals surface area (Å²) in [5.74, 6) is -1.87. The van der Waals surface area contributed by atoms with Crippen LogP contribution >= 0.6 is 0 Å². The molecule has 0 saturated heterocycles. The summed E-state index contributed by atoms with van der Waals surface area (Å²) in [6, 6.07) is 8.66. The molecule has 2 N–H and O–H groups in total. The third-order valence-electron chi connectivity index (χ3n) is 3.60. The van der Waals surface area contributed by atoms with Gasteiger partial charge in [-0.1, -0.05) is 0 Å². The molecule has 0 radical (unpaired) electrons. The van der Waals surface area contributed by atoms with Crippen LogP contribution in [0.4, 0.5) is 13.2 Å². The molecule has 3 aromatic rings. The van der Waals surface area contributed by atoms with E-state index in [1.54, 1.807) is 18.3 Å². The van der Waals surface area contributed by atoms with Gasteiger partial charge in [0.25, 0.3) is 5.91 Å². The summed E-state index contributed by atoms with van der Waals surface area (Å²) in [6.45, 7) is 0.200. The zero-order valence-corrected chi connectivity index (χ0v) is 13.0. The Hall–Kier alpha value is -3.09. The van der Waals surface area contributed by atoms with E-state index in [-0.39, 0.29) is 17.9 Å². The van der Waals surface area contributed by atoms with Gasteiger partial charge in [-0.3, -0.25) is 4.79 Å². The van der Waals surface area contributed by atoms with Crippen LogP contribution in [0.15, 0.2) is 48.7 Å². The number of hydrogen-bond acceptors (Lipinski definition) is 2. The summed E-state index contributed by atoms with van der Waals surface area (Å²) in [7, 11) is 0. The highest BCUT2D eigenvalue weighted by Crippen LogP contribution is 2.17. The van der Waals surface area contributed by atoms with Crippen molar-refractivity contribution in [3.8, 4) is 11.3 Å². The molecule has 4 nitrogen and oxygen atoms in total. The van der Waals surface area contributed by atoms with Gasteiger partial charge in [-0.05, 0) is 48.0 Å². The summed E-state index contributed by atoms with van der Waals surface area (Å²) in [6.07, 6.45) is 1.99. The van der Waals surface area contributed by atoms with Crippen molar-refractivity contribution in [3.05, 3.63) is 77.5 Å². The van der Waals surface area contributed by atoms with Gasteiger partial charge in [-0.15, -0.1) is 0 Å². The number of carbonyl (C=O) groups excluding carboxylic acids is 1. The van der Waals surface area contributed by atoms with Crippen LogP contribution in [0.5, 0.6) is 0 Å². The third-order valence-corrected chi connectivity index (χ3v) is 3.60. The second-order valence-corrected chi connectivity index (χ2v) is 5.38. The highest BCUT2D eigenvalue weighted by molar-refractivity contribution is 5.94. The number of nitrogens with zero attached hydrogens (tertiary/aromatic N) is 1. The Morgan fingerprint density at radius 3 is 2.52 bits per heavy atom. The Bertz CT molecular complexity index is 891. The van der Waals surface area contributed by atoms with Gasteiger partial charge < -0.3 is 10.3 Å². The first-order chi connectivity index (χ1) is 12.0. The molecule has 1 amide bonds. The van der Waals surface area contributed by atoms with Crippen molar-refractivity contribution in [2.24, 2.45) is 0 Å². The molecule has 0 fully saturated rings. The van der Waals surface area contributed by atoms with Gasteiger partial charge in [0.1, 0.15) is 23.3 Å². The van der Waals surface area contributed by atoms with Gasteiger partial charge in [0.15, 0.2) is 0 Å². The van der Waals surface area contributed by atoms with Crippen LogP contribution in [0.3, 0.4) is 0 Å². The van der Waals surface area contributed by atoms with E-state index in [9.17, 15) is 18.0 Å². The lowest BCUT2D eigenvalue weighted by Crippen LogP contribution is -2.27. The summed E-state index contributed by atoms with van der Waals surface area (Å²) in [5.41, 5.74) is 1.16. The van der Waals surface area contributed by atoms with E-state index in [0.717, 1.165) is 29.5 Å². The average molecular weight is 345 g/mol. The number of carbonyl (C=O) groups is 1. The number of halogens is 3. The Kier molecular flexibility index (Phi) is 4.83. The van der Waals surface area contributed by atoms with Gasteiger partial charge in [0.05, 0.1) is 17.5 Å². The lowest BCUT2D eigenvalue weighted by molar-refractivity contribution is 0.0949. The van der Waals surface area contributed by atoms with Crippen LogP contribution < -0.4 is 5.32 Å². The van der Waals surface area contributed by atoms with Crippen LogP contribution in [0.1, 0.15) is 16.2 Å². The predicted molar refractivity (Wildman–Crippen MR) is 86.4 cm³/mol. The van der Waals surface area contributed by atoms with Crippen LogP contribution in [-0.2, 0) is 6.42 Å². The van der Waals surface area contributed by atoms with Crippen molar-refractivity contribution in [1.82, 2.24) is 15.3 Å². The standard InChI is InChI=1S/C18H14F3N3O/c19-12-3-1-11(2-4-12)16-10-23-17(24-16)7-8-22-18(25)14-9-13(20)5-6-15(14)21/h1-6,9-10H,7-8H2,(H,22,25)(H,23,24). The molecular formula is C18H14F3N3O. The molecule has 7 heteroatoms. The van der Waals surface area contributed by atoms with Crippen molar-refractivity contribution in [2.75, 3.05) is 6.54 Å². The number of benzene rings is 2. The highest BCUT2D eigenvalue weighted by atomic mass is 19.1. The number of imidazole rings is 1. The molecule has 25 heavy (non-hydrogen) atoms. The first-order valence-electron chi connectivity index (χ1n) is 7.56. The second kappa shape index (κ2) is 7.21. The quantitative estimate of drug-likeness (QED) is 0.744. The summed E-state index contributed by atoms with van der Waals surface area (Å²) >= 11 is 0. The molecular weight excluding hydrogens is 331 g/mol. The molecule has 3 rings (SSSR count). The molecule has 0 bridgehead atoms. The van der Waals surface area contributed by atoms with Crippen molar-refractivity contribution in [2.45, 2.75) is 6.42 Å². The zero-order valence-electron chi connectivity index (χ0n) is 13.0. The normalized spacial score (nSPS) is 10.7. The van der Waals surface area contributed by atoms with Crippen molar-refractivity contribution < 1.29 is 18.0 Å². The molecule has 2 aromatic carbocycles. The van der Waals surface area contributed by atoms with Gasteiger partial charge in [0.2, 0.25) is 0 Å². The smallest absolute Gasteiger partial charge is 0.254 e. The van der Waals surface area contributed by atoms with Gasteiger partial charge in [-0.25, -0.2) is 18.2 Å². The monoisotopic (exact) mass is 345 g/mol. The minimum absolute atomic E-state index is 0.200. The largest absolute Gasteiger partial charge is 0.351 e. The molecule has 1 aromatic heterocycles. The van der Waals surface area contributed by atoms with E-state index in [1.807, 2.05) is 0 Å². The number of aromatic amines is 1. The number of hydrogen-bond donors (Lipinski definition) is 2. The fourth-order valence-corrected chi connectivity index (χ4v) is 2.33. The maximum Gasteiger partial charge on any atom is 0.254 e. The maximum atomic E-state index is 13.5. The molecule has 128 valence electrons. The minimum Gasteiger partial charge on any atom is -0.351 e. The Labute approximate surface area is 141 Å². The minimum atomic E-state index is -0.782. The van der Waals surface area contributed by atoms with E-state index in [1.165, 1.54) is 12.1 Å². The maximum absolute atomic E-state index is 13.5. The molecule has 0 spiro atoms. The zero-order chi connectivity index (χ0) is 17.8. The summed E-state index contributed by atoms with van der Waals surface area (Å²) in [5, 5.41) is 2.52. The number of aromatic nitrogens is 2. The van der Waals surface area contributed by atoms with E-state index in [0.29, 0.717) is 12.2 Å². The van der Waals surface area contributed by atoms with Gasteiger partial charge in [-0.2, -0.15) is 0 Å². The highest BCUT2D eigenvalue weighted by Gasteiger charge is 2.12. The Morgan fingerprint density at radius 2 is 1.76 bits per heavy atom. The van der Waals surface area contributed by atoms with E-state index < -0.39 is 17.5 Å². The van der Waals surface area contributed by atoms with E-state index in [2.05, 4.69) is 15.3 Å². The van der Waals surface area contributed by atoms with Gasteiger partial charge in [0, 0.05) is 13.0 Å². The lowest BCUT2D eigenvalue weighted by Gasteiger charge is -2.05. The first kappa shape index (κ1) is 16.8. The molecule has 0 aliphatic rings. The number of H-pyrrole nitrogens is 1. The van der Waals surface area contributed by atoms with Crippen molar-refractivity contribution in [1.29, 1.82) is 0 Å². The third kappa shape index (κ3) is 4.06. The number of amides is 1. The summed E-state index contributed by atoms with van der Waals surface area (Å²) in [4.78, 5) is 19.1. The van der Waals surface area contributed by atoms with Crippen LogP contribution in [0.2, 0.25) is 0 Å².